The molecule has 0 aliphatic carbocycles. The number of carbonyl (C=O) groups excluding carboxylic acids is 1. The van der Waals surface area contributed by atoms with E-state index in [1.807, 2.05) is 31.8 Å². The van der Waals surface area contributed by atoms with E-state index in [1.54, 1.807) is 23.0 Å². The zero-order chi connectivity index (χ0) is 23.3. The molecule has 6 rings (SSSR count). The number of amides is 1. The lowest BCUT2D eigenvalue weighted by atomic mass is 9.72. The fraction of sp³-hybridized carbons (Fsp3) is 0.320. The zero-order valence-corrected chi connectivity index (χ0v) is 19.1. The zero-order valence-electron chi connectivity index (χ0n) is 19.1. The molecule has 2 N–H and O–H groups in total. The van der Waals surface area contributed by atoms with Crippen molar-refractivity contribution in [2.75, 3.05) is 36.0 Å². The number of nitrogens with two attached hydrogens (primary N) is 1. The summed E-state index contributed by atoms with van der Waals surface area (Å²) in [7, 11) is 1.91. The first-order valence-electron chi connectivity index (χ1n) is 11.5. The van der Waals surface area contributed by atoms with E-state index in [9.17, 15) is 4.79 Å². The smallest absolute Gasteiger partial charge is 0.248 e. The van der Waals surface area contributed by atoms with Gasteiger partial charge in [-0.3, -0.25) is 14.5 Å². The Bertz CT molecular complexity index is 1380. The Balaban J connectivity index is 1.14. The molecule has 2 aliphatic rings. The van der Waals surface area contributed by atoms with E-state index in [-0.39, 0.29) is 0 Å². The lowest BCUT2D eigenvalue weighted by molar-refractivity contribution is 0.1000. The quantitative estimate of drug-likeness (QED) is 0.505. The Hall–Kier alpha value is -4.01. The third-order valence-corrected chi connectivity index (χ3v) is 7.14. The second-order valence-corrected chi connectivity index (χ2v) is 9.47. The molecule has 0 saturated carbocycles. The second kappa shape index (κ2) is 7.79. The molecule has 9 nitrogen and oxygen atoms in total. The number of pyridine rings is 3. The largest absolute Gasteiger partial charge is 0.366 e. The van der Waals surface area contributed by atoms with Crippen LogP contribution in [0.25, 0.3) is 22.0 Å². The first kappa shape index (κ1) is 20.6. The fourth-order valence-electron chi connectivity index (χ4n) is 5.11. The maximum absolute atomic E-state index is 11.5. The Labute approximate surface area is 197 Å². The van der Waals surface area contributed by atoms with Gasteiger partial charge in [-0.25, -0.2) is 9.97 Å². The van der Waals surface area contributed by atoms with Crippen LogP contribution in [-0.2, 0) is 7.05 Å². The summed E-state index contributed by atoms with van der Waals surface area (Å²) in [4.78, 5) is 29.8. The fourth-order valence-corrected chi connectivity index (χ4v) is 5.11. The lowest BCUT2D eigenvalue weighted by Gasteiger charge is -2.54. The number of carbonyl (C=O) groups is 1. The number of primary amides is 1. The maximum Gasteiger partial charge on any atom is 0.248 e. The molecule has 0 aromatic carbocycles. The Morgan fingerprint density at radius 1 is 0.941 bits per heavy atom. The summed E-state index contributed by atoms with van der Waals surface area (Å²) < 4.78 is 1.79. The van der Waals surface area contributed by atoms with Crippen LogP contribution in [0.1, 0.15) is 23.2 Å². The maximum atomic E-state index is 11.5. The third kappa shape index (κ3) is 3.63. The standard InChI is InChI=1S/C25H26N8O/c1-31-14-20(13-30-31)21-8-18-10-23(29-12-19(18)11-28-21)33-15-25(16-33)3-6-32(7-4-25)22-9-17(24(26)34)2-5-27-22/h2,5,8-14H,3-4,6-7,15-16H2,1H3,(H2,26,34). The second-order valence-electron chi connectivity index (χ2n) is 9.47. The summed E-state index contributed by atoms with van der Waals surface area (Å²) in [5, 5.41) is 6.42. The topological polar surface area (TPSA) is 106 Å². The van der Waals surface area contributed by atoms with Crippen LogP contribution in [0.2, 0.25) is 0 Å². The number of aryl methyl sites for hydroxylation is 1. The average Bonchev–Trinajstić information content (AvgIpc) is 3.28. The SMILES string of the molecule is Cn1cc(-c2cc3cc(N4CC5(CCN(c6cc(C(N)=O)ccn6)CC5)C4)ncc3cn2)cn1. The summed E-state index contributed by atoms with van der Waals surface area (Å²) >= 11 is 0. The van der Waals surface area contributed by atoms with E-state index >= 15 is 0 Å². The van der Waals surface area contributed by atoms with Crippen LogP contribution >= 0.6 is 0 Å². The van der Waals surface area contributed by atoms with Gasteiger partial charge in [0.05, 0.1) is 11.9 Å². The monoisotopic (exact) mass is 454 g/mol. The number of hydrogen-bond donors (Lipinski definition) is 1. The van der Waals surface area contributed by atoms with Crippen molar-refractivity contribution in [3.63, 3.8) is 0 Å². The summed E-state index contributed by atoms with van der Waals surface area (Å²) in [6.45, 7) is 3.87. The molecule has 1 amide bonds. The van der Waals surface area contributed by atoms with Crippen LogP contribution in [-0.4, -0.2) is 56.8 Å². The minimum Gasteiger partial charge on any atom is -0.366 e. The van der Waals surface area contributed by atoms with Crippen molar-refractivity contribution >= 4 is 28.3 Å². The first-order chi connectivity index (χ1) is 16.5. The molecule has 4 aromatic rings. The highest BCUT2D eigenvalue weighted by Gasteiger charge is 2.45. The summed E-state index contributed by atoms with van der Waals surface area (Å²) in [5.41, 5.74) is 8.17. The minimum absolute atomic E-state index is 0.313. The van der Waals surface area contributed by atoms with Gasteiger partial charge in [-0.2, -0.15) is 5.10 Å². The molecule has 1 spiro atoms. The number of piperidine rings is 1. The van der Waals surface area contributed by atoms with Gasteiger partial charge in [0.2, 0.25) is 5.91 Å². The third-order valence-electron chi connectivity index (χ3n) is 7.14. The van der Waals surface area contributed by atoms with Crippen molar-refractivity contribution in [2.24, 2.45) is 18.2 Å². The van der Waals surface area contributed by atoms with Crippen molar-refractivity contribution in [1.82, 2.24) is 24.7 Å². The molecule has 0 unspecified atom stereocenters. The van der Waals surface area contributed by atoms with E-state index in [4.69, 9.17) is 10.7 Å². The normalized spacial score (nSPS) is 17.2. The van der Waals surface area contributed by atoms with E-state index < -0.39 is 5.91 Å². The van der Waals surface area contributed by atoms with E-state index in [1.165, 1.54) is 0 Å². The van der Waals surface area contributed by atoms with Crippen molar-refractivity contribution in [3.8, 4) is 11.3 Å². The van der Waals surface area contributed by atoms with Crippen LogP contribution in [0.3, 0.4) is 0 Å². The van der Waals surface area contributed by atoms with Gasteiger partial charge in [0, 0.05) is 79.9 Å². The van der Waals surface area contributed by atoms with E-state index in [2.05, 4.69) is 37.0 Å². The van der Waals surface area contributed by atoms with Crippen LogP contribution in [0.5, 0.6) is 0 Å². The van der Waals surface area contributed by atoms with Crippen molar-refractivity contribution < 1.29 is 4.79 Å². The summed E-state index contributed by atoms with van der Waals surface area (Å²) in [5.74, 6) is 1.43. The molecular weight excluding hydrogens is 428 g/mol. The molecule has 0 radical (unpaired) electrons. The molecule has 6 heterocycles. The number of anilines is 2. The molecule has 34 heavy (non-hydrogen) atoms. The highest BCUT2D eigenvalue weighted by atomic mass is 16.1. The Kier molecular flexibility index (Phi) is 4.72. The van der Waals surface area contributed by atoms with Gasteiger partial charge < -0.3 is 15.5 Å². The minimum atomic E-state index is -0.419. The number of aromatic nitrogens is 5. The van der Waals surface area contributed by atoms with Gasteiger partial charge in [-0.15, -0.1) is 0 Å². The molecule has 2 aliphatic heterocycles. The Morgan fingerprint density at radius 2 is 1.71 bits per heavy atom. The number of nitrogens with zero attached hydrogens (tertiary/aromatic N) is 7. The molecule has 2 saturated heterocycles. The van der Waals surface area contributed by atoms with E-state index in [0.717, 1.165) is 72.7 Å². The number of fused-ring (bicyclic) bond motifs is 1. The van der Waals surface area contributed by atoms with Crippen LogP contribution < -0.4 is 15.5 Å². The first-order valence-corrected chi connectivity index (χ1v) is 11.5. The van der Waals surface area contributed by atoms with Crippen molar-refractivity contribution in [1.29, 1.82) is 0 Å². The van der Waals surface area contributed by atoms with Gasteiger partial charge in [0.1, 0.15) is 11.6 Å². The highest BCUT2D eigenvalue weighted by molar-refractivity contribution is 5.93. The molecule has 0 bridgehead atoms. The molecule has 172 valence electrons. The molecule has 2 fully saturated rings. The summed E-state index contributed by atoms with van der Waals surface area (Å²) in [6, 6.07) is 7.73. The van der Waals surface area contributed by atoms with Crippen LogP contribution in [0.4, 0.5) is 11.6 Å². The average molecular weight is 455 g/mol. The van der Waals surface area contributed by atoms with Crippen LogP contribution in [0.15, 0.2) is 55.2 Å². The van der Waals surface area contributed by atoms with Crippen molar-refractivity contribution in [3.05, 3.63) is 60.8 Å². The van der Waals surface area contributed by atoms with Gasteiger partial charge in [0.25, 0.3) is 0 Å². The van der Waals surface area contributed by atoms with Gasteiger partial charge >= 0.3 is 0 Å². The Morgan fingerprint density at radius 3 is 2.44 bits per heavy atom. The molecule has 0 atom stereocenters. The lowest BCUT2D eigenvalue weighted by Crippen LogP contribution is -2.60. The van der Waals surface area contributed by atoms with E-state index in [0.29, 0.717) is 11.0 Å². The predicted molar refractivity (Wildman–Crippen MR) is 131 cm³/mol. The number of rotatable bonds is 4. The van der Waals surface area contributed by atoms with Gasteiger partial charge in [-0.05, 0) is 42.5 Å². The van der Waals surface area contributed by atoms with Gasteiger partial charge in [0.15, 0.2) is 0 Å². The van der Waals surface area contributed by atoms with Crippen LogP contribution in [0, 0.1) is 5.41 Å². The molecular formula is C25H26N8O. The number of hydrogen-bond acceptors (Lipinski definition) is 7. The summed E-state index contributed by atoms with van der Waals surface area (Å²) in [6.07, 6.45) is 11.4. The predicted octanol–water partition coefficient (Wildman–Crippen LogP) is 2.63. The highest BCUT2D eigenvalue weighted by Crippen LogP contribution is 2.43. The molecule has 4 aromatic heterocycles. The molecule has 9 heteroatoms. The van der Waals surface area contributed by atoms with Crippen molar-refractivity contribution in [2.45, 2.75) is 12.8 Å². The van der Waals surface area contributed by atoms with Gasteiger partial charge in [-0.1, -0.05) is 0 Å².